The summed E-state index contributed by atoms with van der Waals surface area (Å²) >= 11 is 0. The molecule has 3 N–H and O–H groups in total. The van der Waals surface area contributed by atoms with Crippen molar-refractivity contribution in [3.8, 4) is 0 Å². The third-order valence-electron chi connectivity index (χ3n) is 3.51. The van der Waals surface area contributed by atoms with E-state index in [9.17, 15) is 5.11 Å². The Hall–Kier alpha value is -1.81. The van der Waals surface area contributed by atoms with Crippen LogP contribution in [-0.2, 0) is 19.1 Å². The van der Waals surface area contributed by atoms with E-state index in [0.717, 1.165) is 28.8 Å². The van der Waals surface area contributed by atoms with Crippen LogP contribution in [0.5, 0.6) is 0 Å². The number of hydrogen-bond acceptors (Lipinski definition) is 3. The number of rotatable bonds is 1. The third kappa shape index (κ3) is 1.45. The van der Waals surface area contributed by atoms with Gasteiger partial charge in [-0.25, -0.2) is 0 Å². The fraction of sp³-hybridized carbons (Fsp3) is 0.308. The van der Waals surface area contributed by atoms with Crippen LogP contribution >= 0.6 is 0 Å². The van der Waals surface area contributed by atoms with E-state index < -0.39 is 5.60 Å². The second-order valence-corrected chi connectivity index (χ2v) is 4.68. The Morgan fingerprint density at radius 1 is 1.47 bits per heavy atom. The molecule has 1 aliphatic rings. The molecule has 0 fully saturated rings. The summed E-state index contributed by atoms with van der Waals surface area (Å²) in [6.07, 6.45) is 5.14. The summed E-state index contributed by atoms with van der Waals surface area (Å²) in [5.41, 5.74) is 8.55. The number of benzene rings is 1. The molecule has 1 aromatic carbocycles. The molecule has 0 aliphatic heterocycles. The van der Waals surface area contributed by atoms with Gasteiger partial charge in [-0.05, 0) is 36.1 Å². The van der Waals surface area contributed by atoms with Gasteiger partial charge in [-0.1, -0.05) is 6.07 Å². The Bertz CT molecular complexity index is 576. The van der Waals surface area contributed by atoms with E-state index in [1.54, 1.807) is 10.9 Å². The average molecular weight is 229 g/mol. The second-order valence-electron chi connectivity index (χ2n) is 4.68. The quantitative estimate of drug-likeness (QED) is 0.722. The van der Waals surface area contributed by atoms with Gasteiger partial charge >= 0.3 is 0 Å². The molecule has 4 heteroatoms. The number of aryl methyl sites for hydroxylation is 2. The first-order valence-corrected chi connectivity index (χ1v) is 5.70. The van der Waals surface area contributed by atoms with Crippen LogP contribution in [0.2, 0.25) is 0 Å². The normalized spacial score (nSPS) is 22.7. The maximum absolute atomic E-state index is 10.8. The lowest BCUT2D eigenvalue weighted by atomic mass is 9.90. The smallest absolute Gasteiger partial charge is 0.118 e. The van der Waals surface area contributed by atoms with Crippen LogP contribution in [0.4, 0.5) is 5.69 Å². The fourth-order valence-electron chi connectivity index (χ4n) is 2.61. The lowest BCUT2D eigenvalue weighted by Gasteiger charge is -2.22. The number of nitrogens with two attached hydrogens (primary N) is 1. The number of nitrogen functional groups attached to an aromatic ring is 1. The Balaban J connectivity index is 2.13. The lowest BCUT2D eigenvalue weighted by molar-refractivity contribution is 0.0829. The fourth-order valence-corrected chi connectivity index (χ4v) is 2.61. The van der Waals surface area contributed by atoms with Crippen LogP contribution in [-0.4, -0.2) is 14.9 Å². The molecule has 0 radical (unpaired) electrons. The molecular formula is C13H15N3O. The van der Waals surface area contributed by atoms with E-state index in [0.29, 0.717) is 6.42 Å². The number of anilines is 1. The van der Waals surface area contributed by atoms with Crippen molar-refractivity contribution >= 4 is 5.69 Å². The predicted molar refractivity (Wildman–Crippen MR) is 65.4 cm³/mol. The SMILES string of the molecule is Cn1cc(C2(O)CCc3cc(N)ccc32)cn1. The van der Waals surface area contributed by atoms with E-state index in [-0.39, 0.29) is 0 Å². The maximum atomic E-state index is 10.8. The Morgan fingerprint density at radius 2 is 2.29 bits per heavy atom. The molecule has 1 unspecified atom stereocenters. The van der Waals surface area contributed by atoms with E-state index in [4.69, 9.17) is 5.73 Å². The number of aromatic nitrogens is 2. The van der Waals surface area contributed by atoms with Gasteiger partial charge in [-0.15, -0.1) is 0 Å². The molecule has 2 aromatic rings. The van der Waals surface area contributed by atoms with Crippen LogP contribution in [0.1, 0.15) is 23.1 Å². The Morgan fingerprint density at radius 3 is 3.00 bits per heavy atom. The number of fused-ring (bicyclic) bond motifs is 1. The van der Waals surface area contributed by atoms with Crippen molar-refractivity contribution in [3.05, 3.63) is 47.3 Å². The highest BCUT2D eigenvalue weighted by molar-refractivity contribution is 5.51. The predicted octanol–water partition coefficient (Wildman–Crippen LogP) is 1.18. The first-order valence-electron chi connectivity index (χ1n) is 5.70. The van der Waals surface area contributed by atoms with E-state index in [1.165, 1.54) is 0 Å². The van der Waals surface area contributed by atoms with E-state index >= 15 is 0 Å². The van der Waals surface area contributed by atoms with Crippen molar-refractivity contribution < 1.29 is 5.11 Å². The zero-order valence-corrected chi connectivity index (χ0v) is 9.72. The monoisotopic (exact) mass is 229 g/mol. The summed E-state index contributed by atoms with van der Waals surface area (Å²) in [5.74, 6) is 0. The summed E-state index contributed by atoms with van der Waals surface area (Å²) in [5, 5.41) is 15.0. The van der Waals surface area contributed by atoms with Crippen LogP contribution in [0, 0.1) is 0 Å². The van der Waals surface area contributed by atoms with Gasteiger partial charge in [0.15, 0.2) is 0 Å². The minimum Gasteiger partial charge on any atom is -0.399 e. The first-order chi connectivity index (χ1) is 8.09. The van der Waals surface area contributed by atoms with Gasteiger partial charge in [-0.3, -0.25) is 4.68 Å². The van der Waals surface area contributed by atoms with Crippen molar-refractivity contribution in [1.29, 1.82) is 0 Å². The van der Waals surface area contributed by atoms with Gasteiger partial charge in [0, 0.05) is 24.5 Å². The van der Waals surface area contributed by atoms with Gasteiger partial charge in [0.25, 0.3) is 0 Å². The minimum atomic E-state index is -0.905. The number of nitrogens with zero attached hydrogens (tertiary/aromatic N) is 2. The van der Waals surface area contributed by atoms with Gasteiger partial charge in [0.05, 0.1) is 6.20 Å². The first kappa shape index (κ1) is 10.4. The van der Waals surface area contributed by atoms with E-state index in [2.05, 4.69) is 5.10 Å². The molecule has 3 rings (SSSR count). The van der Waals surface area contributed by atoms with Crippen molar-refractivity contribution in [2.24, 2.45) is 7.05 Å². The van der Waals surface area contributed by atoms with Crippen LogP contribution in [0.15, 0.2) is 30.6 Å². The van der Waals surface area contributed by atoms with Crippen molar-refractivity contribution in [1.82, 2.24) is 9.78 Å². The molecule has 0 spiro atoms. The summed E-state index contributed by atoms with van der Waals surface area (Å²) < 4.78 is 1.71. The molecule has 0 saturated carbocycles. The Kier molecular flexibility index (Phi) is 2.03. The zero-order chi connectivity index (χ0) is 12.0. The average Bonchev–Trinajstić information content (AvgIpc) is 2.85. The molecule has 0 amide bonds. The molecule has 1 atom stereocenters. The standard InChI is InChI=1S/C13H15N3O/c1-16-8-10(7-15-16)13(17)5-4-9-6-11(14)2-3-12(9)13/h2-3,6-8,17H,4-5,14H2,1H3. The van der Waals surface area contributed by atoms with Crippen molar-refractivity contribution in [2.45, 2.75) is 18.4 Å². The summed E-state index contributed by atoms with van der Waals surface area (Å²) in [6, 6.07) is 5.71. The number of aliphatic hydroxyl groups is 1. The van der Waals surface area contributed by atoms with Crippen LogP contribution in [0.3, 0.4) is 0 Å². The highest BCUT2D eigenvalue weighted by atomic mass is 16.3. The molecule has 0 bridgehead atoms. The highest BCUT2D eigenvalue weighted by Crippen LogP contribution is 2.42. The van der Waals surface area contributed by atoms with Gasteiger partial charge in [-0.2, -0.15) is 5.10 Å². The van der Waals surface area contributed by atoms with Crippen LogP contribution in [0.25, 0.3) is 0 Å². The molecular weight excluding hydrogens is 214 g/mol. The molecule has 17 heavy (non-hydrogen) atoms. The molecule has 1 heterocycles. The highest BCUT2D eigenvalue weighted by Gasteiger charge is 2.39. The van der Waals surface area contributed by atoms with Crippen molar-refractivity contribution in [2.75, 3.05) is 5.73 Å². The minimum absolute atomic E-state index is 0.692. The maximum Gasteiger partial charge on any atom is 0.118 e. The molecule has 4 nitrogen and oxygen atoms in total. The van der Waals surface area contributed by atoms with Gasteiger partial charge in [0.1, 0.15) is 5.60 Å². The lowest BCUT2D eigenvalue weighted by Crippen LogP contribution is -2.23. The third-order valence-corrected chi connectivity index (χ3v) is 3.51. The summed E-state index contributed by atoms with van der Waals surface area (Å²) in [4.78, 5) is 0. The molecule has 1 aromatic heterocycles. The van der Waals surface area contributed by atoms with Gasteiger partial charge < -0.3 is 10.8 Å². The molecule has 0 saturated heterocycles. The topological polar surface area (TPSA) is 64.1 Å². The van der Waals surface area contributed by atoms with Crippen molar-refractivity contribution in [3.63, 3.8) is 0 Å². The van der Waals surface area contributed by atoms with Crippen LogP contribution < -0.4 is 5.73 Å². The summed E-state index contributed by atoms with van der Waals surface area (Å²) in [7, 11) is 1.85. The zero-order valence-electron chi connectivity index (χ0n) is 9.72. The van der Waals surface area contributed by atoms with Gasteiger partial charge in [0.2, 0.25) is 0 Å². The Labute approximate surface area is 99.7 Å². The number of hydrogen-bond donors (Lipinski definition) is 2. The summed E-state index contributed by atoms with van der Waals surface area (Å²) in [6.45, 7) is 0. The molecule has 88 valence electrons. The largest absolute Gasteiger partial charge is 0.399 e. The second kappa shape index (κ2) is 3.34. The van der Waals surface area contributed by atoms with E-state index in [1.807, 2.05) is 31.4 Å². The molecule has 1 aliphatic carbocycles.